The van der Waals surface area contributed by atoms with E-state index in [9.17, 15) is 4.79 Å². The number of carbonyl (C=O) groups excluding carboxylic acids is 1. The van der Waals surface area contributed by atoms with E-state index in [0.29, 0.717) is 37.8 Å². The molecule has 1 aliphatic rings. The number of para-hydroxylation sites is 1. The molecule has 41 heavy (non-hydrogen) atoms. The van der Waals surface area contributed by atoms with Crippen LogP contribution in [0.1, 0.15) is 65.3 Å². The number of hydrogen-bond acceptors (Lipinski definition) is 4. The summed E-state index contributed by atoms with van der Waals surface area (Å²) in [5.41, 5.74) is 5.26. The summed E-state index contributed by atoms with van der Waals surface area (Å²) in [6.45, 7) is 10.1. The summed E-state index contributed by atoms with van der Waals surface area (Å²) in [6, 6.07) is 35.3. The van der Waals surface area contributed by atoms with Gasteiger partial charge in [-0.25, -0.2) is 0 Å². The number of rotatable bonds is 10. The Morgan fingerprint density at radius 3 is 1.95 bits per heavy atom. The minimum absolute atomic E-state index is 0.0486. The number of hydrogen-bond donors (Lipinski definition) is 0. The van der Waals surface area contributed by atoms with Crippen molar-refractivity contribution in [2.75, 3.05) is 32.8 Å². The van der Waals surface area contributed by atoms with Gasteiger partial charge in [0.25, 0.3) is 5.91 Å². The third-order valence-corrected chi connectivity index (χ3v) is 7.73. The lowest BCUT2D eigenvalue weighted by Gasteiger charge is -2.40. The van der Waals surface area contributed by atoms with Crippen molar-refractivity contribution in [2.24, 2.45) is 0 Å². The zero-order valence-corrected chi connectivity index (χ0v) is 24.3. The topological polar surface area (TPSA) is 42.0 Å². The van der Waals surface area contributed by atoms with Crippen LogP contribution < -0.4 is 9.47 Å². The summed E-state index contributed by atoms with van der Waals surface area (Å²) in [4.78, 5) is 18.1. The summed E-state index contributed by atoms with van der Waals surface area (Å²) in [5, 5.41) is 0. The van der Waals surface area contributed by atoms with Crippen molar-refractivity contribution in [3.8, 4) is 11.5 Å². The van der Waals surface area contributed by atoms with Gasteiger partial charge in [0.2, 0.25) is 0 Å². The van der Waals surface area contributed by atoms with E-state index in [-0.39, 0.29) is 11.9 Å². The Labute approximate surface area is 244 Å². The van der Waals surface area contributed by atoms with Crippen LogP contribution in [0.25, 0.3) is 0 Å². The fourth-order valence-electron chi connectivity index (χ4n) is 5.62. The molecule has 5 rings (SSSR count). The third-order valence-electron chi connectivity index (χ3n) is 7.73. The number of nitrogens with zero attached hydrogens (tertiary/aromatic N) is 2. The molecule has 4 aromatic carbocycles. The summed E-state index contributed by atoms with van der Waals surface area (Å²) >= 11 is 0. The van der Waals surface area contributed by atoms with Crippen LogP contribution in [-0.4, -0.2) is 48.5 Å². The Morgan fingerprint density at radius 1 is 0.732 bits per heavy atom. The molecule has 5 heteroatoms. The van der Waals surface area contributed by atoms with Crippen LogP contribution in [0.15, 0.2) is 103 Å². The van der Waals surface area contributed by atoms with Crippen LogP contribution in [-0.2, 0) is 6.61 Å². The van der Waals surface area contributed by atoms with Gasteiger partial charge < -0.3 is 14.4 Å². The maximum Gasteiger partial charge on any atom is 0.253 e. The molecule has 1 aliphatic heterocycles. The average Bonchev–Trinajstić information content (AvgIpc) is 3.02. The quantitative estimate of drug-likeness (QED) is 0.208. The van der Waals surface area contributed by atoms with Crippen LogP contribution in [0.2, 0.25) is 0 Å². The molecule has 1 heterocycles. The summed E-state index contributed by atoms with van der Waals surface area (Å²) < 4.78 is 12.2. The first-order valence-corrected chi connectivity index (χ1v) is 14.7. The molecule has 1 saturated heterocycles. The highest BCUT2D eigenvalue weighted by atomic mass is 16.5. The lowest BCUT2D eigenvalue weighted by molar-refractivity contribution is 0.0597. The van der Waals surface area contributed by atoms with E-state index in [1.165, 1.54) is 16.7 Å². The van der Waals surface area contributed by atoms with Crippen molar-refractivity contribution in [2.45, 2.75) is 39.3 Å². The Hall–Kier alpha value is -4.09. The predicted octanol–water partition coefficient (Wildman–Crippen LogP) is 7.34. The normalized spacial score (nSPS) is 13.9. The van der Waals surface area contributed by atoms with Crippen LogP contribution in [0.4, 0.5) is 0 Å². The zero-order valence-electron chi connectivity index (χ0n) is 24.3. The van der Waals surface area contributed by atoms with Gasteiger partial charge in [0.05, 0.1) is 12.6 Å². The molecule has 0 N–H and O–H groups in total. The van der Waals surface area contributed by atoms with Gasteiger partial charge in [-0.2, -0.15) is 0 Å². The first-order valence-electron chi connectivity index (χ1n) is 14.7. The Bertz CT molecular complexity index is 1370. The number of carbonyl (C=O) groups is 1. The molecule has 5 nitrogen and oxygen atoms in total. The van der Waals surface area contributed by atoms with Gasteiger partial charge in [-0.1, -0.05) is 92.7 Å². The molecule has 212 valence electrons. The van der Waals surface area contributed by atoms with Crippen LogP contribution in [0.5, 0.6) is 11.5 Å². The standard InChI is InChI=1S/C36H40N2O3/c1-4-40-33-20-19-30(25-31(33)26-41-34-18-12-11-17-32(34)27(2)3)36(39)38-23-21-37(22-24-38)35(28-13-7-5-8-14-28)29-15-9-6-10-16-29/h5-20,25,27,35H,4,21-24,26H2,1-3H3. The SMILES string of the molecule is CCOc1ccc(C(=O)N2CCN(C(c3ccccc3)c3ccccc3)CC2)cc1COc1ccccc1C(C)C. The van der Waals surface area contributed by atoms with E-state index < -0.39 is 0 Å². The zero-order chi connectivity index (χ0) is 28.6. The van der Waals surface area contributed by atoms with Crippen molar-refractivity contribution in [3.05, 3.63) is 131 Å². The summed E-state index contributed by atoms with van der Waals surface area (Å²) in [6.07, 6.45) is 0. The molecular weight excluding hydrogens is 508 g/mol. The summed E-state index contributed by atoms with van der Waals surface area (Å²) in [5.74, 6) is 2.02. The molecule has 0 radical (unpaired) electrons. The van der Waals surface area contributed by atoms with Gasteiger partial charge in [0.1, 0.15) is 18.1 Å². The minimum Gasteiger partial charge on any atom is -0.493 e. The van der Waals surface area contributed by atoms with Crippen LogP contribution in [0.3, 0.4) is 0 Å². The van der Waals surface area contributed by atoms with E-state index in [4.69, 9.17) is 9.47 Å². The van der Waals surface area contributed by atoms with Crippen molar-refractivity contribution in [3.63, 3.8) is 0 Å². The van der Waals surface area contributed by atoms with Crippen LogP contribution in [0, 0.1) is 0 Å². The first kappa shape index (κ1) is 28.4. The monoisotopic (exact) mass is 548 g/mol. The Balaban J connectivity index is 1.30. The maximum atomic E-state index is 13.7. The van der Waals surface area contributed by atoms with Crippen molar-refractivity contribution >= 4 is 5.91 Å². The Morgan fingerprint density at radius 2 is 1.34 bits per heavy atom. The van der Waals surface area contributed by atoms with Gasteiger partial charge in [0, 0.05) is 37.3 Å². The molecule has 0 bridgehead atoms. The fraction of sp³-hybridized carbons (Fsp3) is 0.306. The van der Waals surface area contributed by atoms with E-state index in [0.717, 1.165) is 30.2 Å². The van der Waals surface area contributed by atoms with E-state index >= 15 is 0 Å². The van der Waals surface area contributed by atoms with Gasteiger partial charge in [-0.05, 0) is 53.8 Å². The van der Waals surface area contributed by atoms with Crippen molar-refractivity contribution in [1.29, 1.82) is 0 Å². The second kappa shape index (κ2) is 13.5. The van der Waals surface area contributed by atoms with E-state index in [2.05, 4.69) is 85.5 Å². The van der Waals surface area contributed by atoms with Gasteiger partial charge in [-0.15, -0.1) is 0 Å². The minimum atomic E-state index is 0.0486. The lowest BCUT2D eigenvalue weighted by Crippen LogP contribution is -2.49. The van der Waals surface area contributed by atoms with Crippen molar-refractivity contribution in [1.82, 2.24) is 9.80 Å². The van der Waals surface area contributed by atoms with Gasteiger partial charge in [0.15, 0.2) is 0 Å². The molecule has 1 amide bonds. The van der Waals surface area contributed by atoms with E-state index in [1.807, 2.05) is 48.2 Å². The number of piperazine rings is 1. The van der Waals surface area contributed by atoms with Crippen molar-refractivity contribution < 1.29 is 14.3 Å². The molecule has 0 atom stereocenters. The molecule has 0 spiro atoms. The van der Waals surface area contributed by atoms with Gasteiger partial charge in [-0.3, -0.25) is 9.69 Å². The second-order valence-corrected chi connectivity index (χ2v) is 10.8. The van der Waals surface area contributed by atoms with Gasteiger partial charge >= 0.3 is 0 Å². The smallest absolute Gasteiger partial charge is 0.253 e. The molecule has 1 fully saturated rings. The number of ether oxygens (including phenoxy) is 2. The molecule has 0 aromatic heterocycles. The molecule has 0 aliphatic carbocycles. The highest BCUT2D eigenvalue weighted by Gasteiger charge is 2.29. The lowest BCUT2D eigenvalue weighted by atomic mass is 9.96. The average molecular weight is 549 g/mol. The predicted molar refractivity (Wildman–Crippen MR) is 165 cm³/mol. The molecule has 0 saturated carbocycles. The highest BCUT2D eigenvalue weighted by molar-refractivity contribution is 5.94. The van der Waals surface area contributed by atoms with E-state index in [1.54, 1.807) is 0 Å². The second-order valence-electron chi connectivity index (χ2n) is 10.8. The third kappa shape index (κ3) is 6.80. The Kier molecular flexibility index (Phi) is 9.37. The highest BCUT2D eigenvalue weighted by Crippen LogP contribution is 2.31. The first-order chi connectivity index (χ1) is 20.0. The van der Waals surface area contributed by atoms with Crippen LogP contribution >= 0.6 is 0 Å². The molecule has 4 aromatic rings. The largest absolute Gasteiger partial charge is 0.493 e. The summed E-state index contributed by atoms with van der Waals surface area (Å²) in [7, 11) is 0. The molecular formula is C36H40N2O3. The fourth-order valence-corrected chi connectivity index (χ4v) is 5.62. The number of benzene rings is 4. The molecule has 0 unspecified atom stereocenters. The maximum absolute atomic E-state index is 13.7. The number of amides is 1.